The lowest BCUT2D eigenvalue weighted by molar-refractivity contribution is 0.126. The van der Waals surface area contributed by atoms with Crippen LogP contribution in [-0.2, 0) is 4.74 Å². The zero-order valence-electron chi connectivity index (χ0n) is 12.4. The van der Waals surface area contributed by atoms with Gasteiger partial charge in [0.25, 0.3) is 0 Å². The summed E-state index contributed by atoms with van der Waals surface area (Å²) in [6.45, 7) is 0. The molecule has 2 aromatic rings. The van der Waals surface area contributed by atoms with Crippen LogP contribution in [0.1, 0.15) is 43.2 Å². The third-order valence-electron chi connectivity index (χ3n) is 4.00. The minimum atomic E-state index is 0.369. The molecule has 1 heteroatoms. The summed E-state index contributed by atoms with van der Waals surface area (Å²) in [5.74, 6) is 0.994. The standard InChI is InChI=1S/C20H22O/c1-4-10-17(11-5-1)16-20(18-12-6-2-7-13-18)21-19-14-8-3-9-15-19/h1-2,4-7,10-13,16,19H,3,8-9,14-15H2/b20-16-. The average molecular weight is 278 g/mol. The second kappa shape index (κ2) is 7.12. The van der Waals surface area contributed by atoms with Crippen LogP contribution in [0.15, 0.2) is 60.7 Å². The van der Waals surface area contributed by atoms with Gasteiger partial charge in [0.15, 0.2) is 0 Å². The molecule has 0 unspecified atom stereocenters. The van der Waals surface area contributed by atoms with E-state index in [9.17, 15) is 0 Å². The molecule has 0 amide bonds. The van der Waals surface area contributed by atoms with Crippen LogP contribution >= 0.6 is 0 Å². The number of hydrogen-bond acceptors (Lipinski definition) is 1. The molecule has 1 fully saturated rings. The zero-order chi connectivity index (χ0) is 14.3. The van der Waals surface area contributed by atoms with Gasteiger partial charge in [0, 0.05) is 5.56 Å². The number of rotatable bonds is 4. The van der Waals surface area contributed by atoms with E-state index in [1.165, 1.54) is 37.7 Å². The minimum absolute atomic E-state index is 0.369. The van der Waals surface area contributed by atoms with E-state index >= 15 is 0 Å². The van der Waals surface area contributed by atoms with Gasteiger partial charge < -0.3 is 4.74 Å². The highest BCUT2D eigenvalue weighted by Gasteiger charge is 2.16. The Hall–Kier alpha value is -2.02. The molecular weight excluding hydrogens is 256 g/mol. The van der Waals surface area contributed by atoms with Gasteiger partial charge in [-0.2, -0.15) is 0 Å². The smallest absolute Gasteiger partial charge is 0.127 e. The molecule has 108 valence electrons. The normalized spacial score (nSPS) is 16.7. The topological polar surface area (TPSA) is 9.23 Å². The molecule has 0 heterocycles. The number of hydrogen-bond donors (Lipinski definition) is 0. The van der Waals surface area contributed by atoms with Crippen LogP contribution in [-0.4, -0.2) is 6.10 Å². The predicted molar refractivity (Wildman–Crippen MR) is 88.7 cm³/mol. The van der Waals surface area contributed by atoms with Crippen LogP contribution in [0.4, 0.5) is 0 Å². The largest absolute Gasteiger partial charge is 0.490 e. The summed E-state index contributed by atoms with van der Waals surface area (Å²) in [7, 11) is 0. The van der Waals surface area contributed by atoms with E-state index in [1.807, 2.05) is 12.1 Å². The highest BCUT2D eigenvalue weighted by molar-refractivity contribution is 5.77. The van der Waals surface area contributed by atoms with Gasteiger partial charge in [-0.1, -0.05) is 67.1 Å². The Labute approximate surface area is 127 Å². The summed E-state index contributed by atoms with van der Waals surface area (Å²) in [5.41, 5.74) is 2.35. The van der Waals surface area contributed by atoms with Crippen molar-refractivity contribution in [2.45, 2.75) is 38.2 Å². The second-order valence-corrected chi connectivity index (χ2v) is 5.66. The van der Waals surface area contributed by atoms with Crippen molar-refractivity contribution in [3.8, 4) is 0 Å². The van der Waals surface area contributed by atoms with Crippen molar-refractivity contribution >= 4 is 11.8 Å². The van der Waals surface area contributed by atoms with Crippen molar-refractivity contribution in [1.29, 1.82) is 0 Å². The fourth-order valence-corrected chi connectivity index (χ4v) is 2.85. The quantitative estimate of drug-likeness (QED) is 0.527. The fourth-order valence-electron chi connectivity index (χ4n) is 2.85. The first kappa shape index (κ1) is 13.9. The van der Waals surface area contributed by atoms with E-state index in [-0.39, 0.29) is 0 Å². The van der Waals surface area contributed by atoms with Gasteiger partial charge in [-0.3, -0.25) is 0 Å². The summed E-state index contributed by atoms with van der Waals surface area (Å²) >= 11 is 0. The molecule has 1 nitrogen and oxygen atoms in total. The highest BCUT2D eigenvalue weighted by Crippen LogP contribution is 2.27. The van der Waals surface area contributed by atoms with Gasteiger partial charge in [-0.15, -0.1) is 0 Å². The van der Waals surface area contributed by atoms with E-state index < -0.39 is 0 Å². The SMILES string of the molecule is C(=C(/OC1CCCCC1)c1ccccc1)/c1ccccc1. The fraction of sp³-hybridized carbons (Fsp3) is 0.300. The Morgan fingerprint density at radius 1 is 0.810 bits per heavy atom. The van der Waals surface area contributed by atoms with Crippen molar-refractivity contribution in [3.63, 3.8) is 0 Å². The first-order chi connectivity index (χ1) is 10.4. The van der Waals surface area contributed by atoms with Crippen molar-refractivity contribution in [2.24, 2.45) is 0 Å². The molecule has 0 aromatic heterocycles. The third-order valence-corrected chi connectivity index (χ3v) is 4.00. The third kappa shape index (κ3) is 3.98. The van der Waals surface area contributed by atoms with Gasteiger partial charge in [-0.25, -0.2) is 0 Å². The van der Waals surface area contributed by atoms with Crippen LogP contribution in [0.5, 0.6) is 0 Å². The molecule has 2 aromatic carbocycles. The maximum absolute atomic E-state index is 6.34. The molecule has 1 aliphatic rings. The maximum Gasteiger partial charge on any atom is 0.127 e. The van der Waals surface area contributed by atoms with E-state index in [0.717, 1.165) is 11.3 Å². The minimum Gasteiger partial charge on any atom is -0.490 e. The highest BCUT2D eigenvalue weighted by atomic mass is 16.5. The molecule has 1 aliphatic carbocycles. The van der Waals surface area contributed by atoms with Crippen LogP contribution in [0, 0.1) is 0 Å². The van der Waals surface area contributed by atoms with E-state index in [2.05, 4.69) is 54.6 Å². The van der Waals surface area contributed by atoms with Crippen LogP contribution < -0.4 is 0 Å². The molecule has 0 atom stereocenters. The first-order valence-electron chi connectivity index (χ1n) is 7.91. The molecule has 1 saturated carbocycles. The summed E-state index contributed by atoms with van der Waals surface area (Å²) in [6, 6.07) is 20.8. The maximum atomic E-state index is 6.34. The van der Waals surface area contributed by atoms with Crippen LogP contribution in [0.25, 0.3) is 11.8 Å². The predicted octanol–water partition coefficient (Wildman–Crippen LogP) is 5.53. The molecule has 0 bridgehead atoms. The lowest BCUT2D eigenvalue weighted by atomic mass is 9.97. The summed E-state index contributed by atoms with van der Waals surface area (Å²) in [4.78, 5) is 0. The van der Waals surface area contributed by atoms with Crippen molar-refractivity contribution in [2.75, 3.05) is 0 Å². The molecule has 0 N–H and O–H groups in total. The molecule has 3 rings (SSSR count). The van der Waals surface area contributed by atoms with Crippen molar-refractivity contribution in [1.82, 2.24) is 0 Å². The number of ether oxygens (including phenoxy) is 1. The van der Waals surface area contributed by atoms with Gasteiger partial charge in [-0.05, 0) is 37.3 Å². The zero-order valence-corrected chi connectivity index (χ0v) is 12.4. The Bertz CT molecular complexity index is 565. The van der Waals surface area contributed by atoms with Crippen LogP contribution in [0.2, 0.25) is 0 Å². The molecule has 0 radical (unpaired) electrons. The first-order valence-corrected chi connectivity index (χ1v) is 7.91. The molecule has 21 heavy (non-hydrogen) atoms. The monoisotopic (exact) mass is 278 g/mol. The Morgan fingerprint density at radius 3 is 2.10 bits per heavy atom. The molecular formula is C20H22O. The average Bonchev–Trinajstić information content (AvgIpc) is 2.57. The van der Waals surface area contributed by atoms with Gasteiger partial charge >= 0.3 is 0 Å². The molecule has 0 saturated heterocycles. The van der Waals surface area contributed by atoms with E-state index in [0.29, 0.717) is 6.10 Å². The van der Waals surface area contributed by atoms with Gasteiger partial charge in [0.05, 0.1) is 6.10 Å². The van der Waals surface area contributed by atoms with Gasteiger partial charge in [0.1, 0.15) is 5.76 Å². The van der Waals surface area contributed by atoms with Gasteiger partial charge in [0.2, 0.25) is 0 Å². The molecule has 0 aliphatic heterocycles. The lowest BCUT2D eigenvalue weighted by Crippen LogP contribution is -2.15. The van der Waals surface area contributed by atoms with Crippen molar-refractivity contribution in [3.05, 3.63) is 71.8 Å². The lowest BCUT2D eigenvalue weighted by Gasteiger charge is -2.24. The number of benzene rings is 2. The van der Waals surface area contributed by atoms with E-state index in [1.54, 1.807) is 0 Å². The Balaban J connectivity index is 1.85. The second-order valence-electron chi connectivity index (χ2n) is 5.66. The Kier molecular flexibility index (Phi) is 4.73. The molecule has 0 spiro atoms. The van der Waals surface area contributed by atoms with E-state index in [4.69, 9.17) is 4.74 Å². The van der Waals surface area contributed by atoms with Crippen LogP contribution in [0.3, 0.4) is 0 Å². The summed E-state index contributed by atoms with van der Waals surface area (Å²) in [5, 5.41) is 0. The summed E-state index contributed by atoms with van der Waals surface area (Å²) in [6.07, 6.45) is 8.81. The van der Waals surface area contributed by atoms with Crippen molar-refractivity contribution < 1.29 is 4.74 Å². The Morgan fingerprint density at radius 2 is 1.43 bits per heavy atom. The summed E-state index contributed by atoms with van der Waals surface area (Å²) < 4.78 is 6.34.